The average molecular weight is 504 g/mol. The van der Waals surface area contributed by atoms with E-state index in [9.17, 15) is 18.8 Å². The van der Waals surface area contributed by atoms with Crippen LogP contribution in [0.5, 0.6) is 0 Å². The van der Waals surface area contributed by atoms with E-state index in [-0.39, 0.29) is 23.4 Å². The van der Waals surface area contributed by atoms with Gasteiger partial charge in [-0.05, 0) is 67.6 Å². The van der Waals surface area contributed by atoms with Crippen LogP contribution in [0.1, 0.15) is 27.6 Å². The molecule has 36 heavy (non-hydrogen) atoms. The monoisotopic (exact) mass is 503 g/mol. The number of thioether (sulfide) groups is 1. The number of nitrogens with zero attached hydrogens (tertiary/aromatic N) is 3. The lowest BCUT2D eigenvalue weighted by Gasteiger charge is -2.08. The van der Waals surface area contributed by atoms with Crippen molar-refractivity contribution in [2.75, 3.05) is 16.4 Å². The molecule has 0 aliphatic heterocycles. The highest BCUT2D eigenvalue weighted by atomic mass is 32.2. The maximum atomic E-state index is 13.1. The van der Waals surface area contributed by atoms with Crippen LogP contribution in [0.3, 0.4) is 0 Å². The van der Waals surface area contributed by atoms with Gasteiger partial charge in [0.25, 0.3) is 5.91 Å². The summed E-state index contributed by atoms with van der Waals surface area (Å²) in [5.74, 6) is -0.334. The van der Waals surface area contributed by atoms with Crippen molar-refractivity contribution in [3.05, 3.63) is 89.7 Å². The highest BCUT2D eigenvalue weighted by molar-refractivity contribution is 7.99. The van der Waals surface area contributed by atoms with Crippen LogP contribution in [0.25, 0.3) is 11.4 Å². The molecule has 1 heterocycles. The lowest BCUT2D eigenvalue weighted by molar-refractivity contribution is -0.113. The number of ketones is 1. The topological polar surface area (TPSA) is 106 Å². The molecule has 3 aromatic carbocycles. The Morgan fingerprint density at radius 1 is 0.889 bits per heavy atom. The molecular formula is C26H22FN5O3S. The van der Waals surface area contributed by atoms with Crippen LogP contribution >= 0.6 is 11.8 Å². The van der Waals surface area contributed by atoms with Crippen molar-refractivity contribution in [1.29, 1.82) is 0 Å². The van der Waals surface area contributed by atoms with Gasteiger partial charge >= 0.3 is 0 Å². The van der Waals surface area contributed by atoms with E-state index in [1.807, 2.05) is 0 Å². The lowest BCUT2D eigenvalue weighted by atomic mass is 10.1. The molecule has 4 rings (SSSR count). The molecule has 0 atom stereocenters. The van der Waals surface area contributed by atoms with Gasteiger partial charge in [0, 0.05) is 35.1 Å². The molecular weight excluding hydrogens is 481 g/mol. The summed E-state index contributed by atoms with van der Waals surface area (Å²) in [7, 11) is 1.80. The first-order valence-corrected chi connectivity index (χ1v) is 11.9. The summed E-state index contributed by atoms with van der Waals surface area (Å²) in [5.41, 5.74) is 2.79. The quantitative estimate of drug-likeness (QED) is 0.264. The zero-order chi connectivity index (χ0) is 25.7. The molecule has 8 nitrogen and oxygen atoms in total. The summed E-state index contributed by atoms with van der Waals surface area (Å²) in [5, 5.41) is 14.5. The van der Waals surface area contributed by atoms with Crippen LogP contribution in [0.2, 0.25) is 0 Å². The molecule has 0 unspecified atom stereocenters. The molecule has 10 heteroatoms. The first-order valence-electron chi connectivity index (χ1n) is 10.9. The number of carbonyl (C=O) groups is 3. The third-order valence-electron chi connectivity index (χ3n) is 5.23. The number of nitrogens with one attached hydrogen (secondary N) is 2. The fraction of sp³-hybridized carbons (Fsp3) is 0.115. The highest BCUT2D eigenvalue weighted by Crippen LogP contribution is 2.24. The molecule has 0 spiro atoms. The number of rotatable bonds is 8. The Morgan fingerprint density at radius 3 is 2.31 bits per heavy atom. The molecule has 1 aromatic heterocycles. The zero-order valence-corrected chi connectivity index (χ0v) is 20.3. The number of hydrogen-bond acceptors (Lipinski definition) is 6. The number of hydrogen-bond donors (Lipinski definition) is 2. The van der Waals surface area contributed by atoms with E-state index in [0.717, 1.165) is 5.56 Å². The fourth-order valence-electron chi connectivity index (χ4n) is 3.34. The van der Waals surface area contributed by atoms with Crippen molar-refractivity contribution in [3.8, 4) is 11.4 Å². The molecule has 0 radical (unpaired) electrons. The van der Waals surface area contributed by atoms with Crippen molar-refractivity contribution < 1.29 is 18.8 Å². The lowest BCUT2D eigenvalue weighted by Crippen LogP contribution is -2.14. The van der Waals surface area contributed by atoms with Gasteiger partial charge in [0.1, 0.15) is 5.82 Å². The third kappa shape index (κ3) is 6.02. The standard InChI is InChI=1S/C26H22FN5O3S/c1-16(33)19-4-3-5-22(14-19)28-23(34)15-36-26-31-30-24(32(26)2)17-8-12-21(13-9-17)29-25(35)18-6-10-20(27)11-7-18/h3-14H,15H2,1-2H3,(H,28,34)(H,29,35). The molecule has 0 bridgehead atoms. The predicted molar refractivity (Wildman–Crippen MR) is 137 cm³/mol. The van der Waals surface area contributed by atoms with Crippen molar-refractivity contribution in [2.45, 2.75) is 12.1 Å². The van der Waals surface area contributed by atoms with Crippen molar-refractivity contribution in [3.63, 3.8) is 0 Å². The molecule has 2 N–H and O–H groups in total. The maximum absolute atomic E-state index is 13.1. The van der Waals surface area contributed by atoms with Gasteiger partial charge in [0.15, 0.2) is 16.8 Å². The van der Waals surface area contributed by atoms with Gasteiger partial charge < -0.3 is 15.2 Å². The van der Waals surface area contributed by atoms with E-state index in [2.05, 4.69) is 20.8 Å². The molecule has 0 saturated carbocycles. The van der Waals surface area contributed by atoms with Crippen molar-refractivity contribution >= 4 is 40.7 Å². The van der Waals surface area contributed by atoms with Crippen molar-refractivity contribution in [2.24, 2.45) is 7.05 Å². The first kappa shape index (κ1) is 24.8. The summed E-state index contributed by atoms with van der Waals surface area (Å²) in [6.07, 6.45) is 0. The molecule has 182 valence electrons. The van der Waals surface area contributed by atoms with Gasteiger partial charge in [0.2, 0.25) is 5.91 Å². The average Bonchev–Trinajstić information content (AvgIpc) is 3.24. The first-order chi connectivity index (χ1) is 17.3. The third-order valence-corrected chi connectivity index (χ3v) is 6.25. The van der Waals surface area contributed by atoms with Gasteiger partial charge in [-0.1, -0.05) is 23.9 Å². The Hall–Kier alpha value is -4.31. The van der Waals surface area contributed by atoms with Crippen molar-refractivity contribution in [1.82, 2.24) is 14.8 Å². The van der Waals surface area contributed by atoms with Crippen LogP contribution < -0.4 is 10.6 Å². The Kier molecular flexibility index (Phi) is 7.55. The predicted octanol–water partition coefficient (Wildman–Crippen LogP) is 4.81. The van der Waals surface area contributed by atoms with Crippen LogP contribution in [-0.4, -0.2) is 38.1 Å². The van der Waals surface area contributed by atoms with E-state index in [0.29, 0.717) is 33.5 Å². The van der Waals surface area contributed by atoms with Crippen LogP contribution in [0.4, 0.5) is 15.8 Å². The molecule has 0 aliphatic carbocycles. The zero-order valence-electron chi connectivity index (χ0n) is 19.5. The number of anilines is 2. The van der Waals surface area contributed by atoms with E-state index in [1.165, 1.54) is 43.0 Å². The number of Topliss-reactive ketones (excluding diaryl/α,β-unsaturated/α-hetero) is 1. The second-order valence-electron chi connectivity index (χ2n) is 7.88. The Balaban J connectivity index is 1.36. The molecule has 2 amide bonds. The fourth-order valence-corrected chi connectivity index (χ4v) is 4.05. The van der Waals surface area contributed by atoms with Crippen LogP contribution in [0, 0.1) is 5.82 Å². The number of benzene rings is 3. The van der Waals surface area contributed by atoms with Gasteiger partial charge in [0.05, 0.1) is 5.75 Å². The van der Waals surface area contributed by atoms with E-state index >= 15 is 0 Å². The Bertz CT molecular complexity index is 1420. The van der Waals surface area contributed by atoms with E-state index < -0.39 is 5.82 Å². The van der Waals surface area contributed by atoms with E-state index in [4.69, 9.17) is 0 Å². The summed E-state index contributed by atoms with van der Waals surface area (Å²) in [4.78, 5) is 36.2. The minimum absolute atomic E-state index is 0.0737. The molecule has 0 fully saturated rings. The van der Waals surface area contributed by atoms with Gasteiger partial charge in [-0.15, -0.1) is 10.2 Å². The second kappa shape index (κ2) is 11.0. The smallest absolute Gasteiger partial charge is 0.255 e. The number of amides is 2. The van der Waals surface area contributed by atoms with Crippen LogP contribution in [0.15, 0.2) is 78.0 Å². The summed E-state index contributed by atoms with van der Waals surface area (Å²) >= 11 is 1.24. The minimum atomic E-state index is -0.405. The Morgan fingerprint density at radius 2 is 1.61 bits per heavy atom. The van der Waals surface area contributed by atoms with E-state index in [1.54, 1.807) is 60.1 Å². The van der Waals surface area contributed by atoms with Gasteiger partial charge in [-0.25, -0.2) is 4.39 Å². The van der Waals surface area contributed by atoms with Gasteiger partial charge in [-0.2, -0.15) is 0 Å². The number of halogens is 1. The summed E-state index contributed by atoms with van der Waals surface area (Å²) in [6.45, 7) is 1.47. The molecule has 4 aromatic rings. The largest absolute Gasteiger partial charge is 0.325 e. The highest BCUT2D eigenvalue weighted by Gasteiger charge is 2.14. The van der Waals surface area contributed by atoms with Gasteiger partial charge in [-0.3, -0.25) is 14.4 Å². The number of carbonyl (C=O) groups excluding carboxylic acids is 3. The second-order valence-corrected chi connectivity index (χ2v) is 8.82. The summed E-state index contributed by atoms with van der Waals surface area (Å²) in [6, 6.07) is 19.1. The SMILES string of the molecule is CC(=O)c1cccc(NC(=O)CSc2nnc(-c3ccc(NC(=O)c4ccc(F)cc4)cc3)n2C)c1. The van der Waals surface area contributed by atoms with Crippen LogP contribution in [-0.2, 0) is 11.8 Å². The molecule has 0 saturated heterocycles. The number of aromatic nitrogens is 3. The maximum Gasteiger partial charge on any atom is 0.255 e. The normalized spacial score (nSPS) is 10.6. The minimum Gasteiger partial charge on any atom is -0.325 e. The Labute approximate surface area is 210 Å². The molecule has 0 aliphatic rings. The summed E-state index contributed by atoms with van der Waals surface area (Å²) < 4.78 is 14.8.